The van der Waals surface area contributed by atoms with E-state index in [9.17, 15) is 0 Å². The maximum Gasteiger partial charge on any atom is 0.215 e. The molecule has 55 heavy (non-hydrogen) atoms. The van der Waals surface area contributed by atoms with E-state index in [0.717, 1.165) is 39.4 Å². The minimum Gasteiger partial charge on any atom is -0.454 e. The van der Waals surface area contributed by atoms with Crippen molar-refractivity contribution in [1.82, 2.24) is 5.32 Å². The molecule has 0 spiro atoms. The molecule has 4 unspecified atom stereocenters. The first-order chi connectivity index (χ1) is 27.1. The topological polar surface area (TPSA) is 83.5 Å². The van der Waals surface area contributed by atoms with E-state index >= 15 is 0 Å². The highest BCUT2D eigenvalue weighted by atomic mass is 16.5. The van der Waals surface area contributed by atoms with Crippen LogP contribution < -0.4 is 11.1 Å². The summed E-state index contributed by atoms with van der Waals surface area (Å²) in [6.07, 6.45) is 14.8. The van der Waals surface area contributed by atoms with Crippen LogP contribution in [-0.2, 0) is 4.74 Å². The molecule has 0 fully saturated rings. The van der Waals surface area contributed by atoms with E-state index in [1.165, 1.54) is 27.5 Å². The van der Waals surface area contributed by atoms with Crippen LogP contribution in [0.15, 0.2) is 205 Å². The number of aliphatic imine (C=N–C) groups is 1. The number of hydrogen-bond donors (Lipinski definition) is 3. The molecule has 1 heterocycles. The van der Waals surface area contributed by atoms with Crippen molar-refractivity contribution >= 4 is 33.8 Å². The summed E-state index contributed by atoms with van der Waals surface area (Å²) in [4.78, 5) is 5.24. The second-order valence-electron chi connectivity index (χ2n) is 14.1. The van der Waals surface area contributed by atoms with Gasteiger partial charge in [0.05, 0.1) is 11.7 Å². The van der Waals surface area contributed by atoms with Gasteiger partial charge in [0.25, 0.3) is 0 Å². The van der Waals surface area contributed by atoms with E-state index in [0.29, 0.717) is 5.56 Å². The Kier molecular flexibility index (Phi) is 9.20. The van der Waals surface area contributed by atoms with Crippen LogP contribution in [0.5, 0.6) is 0 Å². The van der Waals surface area contributed by atoms with Crippen molar-refractivity contribution in [2.45, 2.75) is 18.2 Å². The third kappa shape index (κ3) is 6.90. The first-order valence-corrected chi connectivity index (χ1v) is 18.7. The van der Waals surface area contributed by atoms with Crippen molar-refractivity contribution in [2.75, 3.05) is 0 Å². The first-order valence-electron chi connectivity index (χ1n) is 18.7. The number of ether oxygens (including phenoxy) is 1. The number of rotatable bonds is 8. The molecule has 4 N–H and O–H groups in total. The summed E-state index contributed by atoms with van der Waals surface area (Å²) in [7, 11) is 0. The van der Waals surface area contributed by atoms with Crippen LogP contribution in [-0.4, -0.2) is 11.7 Å². The third-order valence-corrected chi connectivity index (χ3v) is 10.7. The highest BCUT2D eigenvalue weighted by Crippen LogP contribution is 2.43. The Hall–Kier alpha value is -6.82. The second kappa shape index (κ2) is 14.9. The van der Waals surface area contributed by atoms with Gasteiger partial charge >= 0.3 is 0 Å². The molecule has 0 amide bonds. The summed E-state index contributed by atoms with van der Waals surface area (Å²) in [5, 5.41) is 14.8. The van der Waals surface area contributed by atoms with E-state index in [1.807, 2.05) is 48.5 Å². The van der Waals surface area contributed by atoms with Crippen LogP contribution in [0.1, 0.15) is 57.1 Å². The van der Waals surface area contributed by atoms with E-state index in [4.69, 9.17) is 20.9 Å². The van der Waals surface area contributed by atoms with Gasteiger partial charge in [-0.2, -0.15) is 0 Å². The molecule has 5 nitrogen and oxygen atoms in total. The number of nitrogens with one attached hydrogen (secondary N) is 2. The Morgan fingerprint density at radius 3 is 2.25 bits per heavy atom. The fourth-order valence-electron chi connectivity index (χ4n) is 7.85. The van der Waals surface area contributed by atoms with E-state index in [2.05, 4.69) is 151 Å². The number of amidine groups is 1. The van der Waals surface area contributed by atoms with Gasteiger partial charge in [-0.05, 0) is 62.4 Å². The number of hydrogen-bond acceptors (Lipinski definition) is 5. The second-order valence-corrected chi connectivity index (χ2v) is 14.1. The zero-order chi connectivity index (χ0) is 37.1. The van der Waals surface area contributed by atoms with Gasteiger partial charge in [0.2, 0.25) is 5.90 Å². The van der Waals surface area contributed by atoms with Crippen molar-refractivity contribution in [3.05, 3.63) is 239 Å². The van der Waals surface area contributed by atoms with Crippen molar-refractivity contribution in [1.29, 1.82) is 5.41 Å². The van der Waals surface area contributed by atoms with Gasteiger partial charge in [0, 0.05) is 28.5 Å². The number of allylic oxidation sites excluding steroid dienone is 8. The monoisotopic (exact) mass is 712 g/mol. The molecule has 4 atom stereocenters. The summed E-state index contributed by atoms with van der Waals surface area (Å²) >= 11 is 0. The smallest absolute Gasteiger partial charge is 0.215 e. The van der Waals surface area contributed by atoms with Gasteiger partial charge in [-0.1, -0.05) is 176 Å². The lowest BCUT2D eigenvalue weighted by Gasteiger charge is -2.31. The van der Waals surface area contributed by atoms with Crippen LogP contribution in [0, 0.1) is 11.3 Å². The maximum absolute atomic E-state index is 8.70. The minimum absolute atomic E-state index is 0.0247. The summed E-state index contributed by atoms with van der Waals surface area (Å²) in [5.74, 6) is 1.24. The van der Waals surface area contributed by atoms with Crippen LogP contribution in [0.4, 0.5) is 0 Å². The Labute approximate surface area is 321 Å². The molecule has 3 aliphatic rings. The van der Waals surface area contributed by atoms with Crippen molar-refractivity contribution in [2.24, 2.45) is 16.6 Å². The summed E-state index contributed by atoms with van der Waals surface area (Å²) in [5.41, 5.74) is 16.8. The van der Waals surface area contributed by atoms with Gasteiger partial charge in [-0.3, -0.25) is 11.1 Å². The summed E-state index contributed by atoms with van der Waals surface area (Å²) < 4.78 is 5.86. The molecular formula is C50H40N4O. The predicted molar refractivity (Wildman–Crippen MR) is 226 cm³/mol. The Morgan fingerprint density at radius 1 is 0.673 bits per heavy atom. The van der Waals surface area contributed by atoms with Crippen LogP contribution in [0.25, 0.3) is 22.0 Å². The summed E-state index contributed by atoms with van der Waals surface area (Å²) in [6.45, 7) is 0. The quantitative estimate of drug-likeness (QED) is 0.0834. The SMILES string of the molecule is N=C(OC(N)c1ccccc1)c1cccc(C2=C3C=CC=CC3C(c3ccc(C4=CC(c5ccccc5)NC(c5cccc6ccccc56)=N4)cc3)C=C2)c1. The first kappa shape index (κ1) is 34.0. The molecule has 0 saturated carbocycles. The highest BCUT2D eigenvalue weighted by Gasteiger charge is 2.29. The Bertz CT molecular complexity index is 2570. The molecule has 0 bridgehead atoms. The van der Waals surface area contributed by atoms with Crippen LogP contribution in [0.2, 0.25) is 0 Å². The highest BCUT2D eigenvalue weighted by molar-refractivity contribution is 6.12. The minimum atomic E-state index is -0.716. The van der Waals surface area contributed by atoms with Gasteiger partial charge in [0.1, 0.15) is 5.84 Å². The van der Waals surface area contributed by atoms with Crippen LogP contribution >= 0.6 is 0 Å². The Morgan fingerprint density at radius 2 is 1.42 bits per heavy atom. The van der Waals surface area contributed by atoms with Gasteiger partial charge < -0.3 is 10.1 Å². The fourth-order valence-corrected chi connectivity index (χ4v) is 7.85. The van der Waals surface area contributed by atoms with Crippen LogP contribution in [0.3, 0.4) is 0 Å². The number of fused-ring (bicyclic) bond motifs is 2. The molecule has 0 radical (unpaired) electrons. The van der Waals surface area contributed by atoms with Crippen molar-refractivity contribution in [3.8, 4) is 0 Å². The largest absolute Gasteiger partial charge is 0.454 e. The molecular weight excluding hydrogens is 673 g/mol. The molecule has 6 aromatic carbocycles. The van der Waals surface area contributed by atoms with Gasteiger partial charge in [-0.25, -0.2) is 4.99 Å². The Balaban J connectivity index is 0.997. The normalized spacial score (nSPS) is 19.3. The molecule has 6 aromatic rings. The number of nitrogens with zero attached hydrogens (tertiary/aromatic N) is 1. The van der Waals surface area contributed by atoms with Gasteiger partial charge in [-0.15, -0.1) is 0 Å². The zero-order valence-electron chi connectivity index (χ0n) is 30.2. The lowest BCUT2D eigenvalue weighted by molar-refractivity contribution is 0.199. The lowest BCUT2D eigenvalue weighted by Crippen LogP contribution is -2.31. The van der Waals surface area contributed by atoms with E-state index in [1.54, 1.807) is 0 Å². The fraction of sp³-hybridized carbons (Fsp3) is 0.0800. The van der Waals surface area contributed by atoms with Gasteiger partial charge in [0.15, 0.2) is 6.23 Å². The molecule has 5 heteroatoms. The molecule has 2 aliphatic carbocycles. The predicted octanol–water partition coefficient (Wildman–Crippen LogP) is 10.8. The summed E-state index contributed by atoms with van der Waals surface area (Å²) in [6, 6.07) is 51.9. The average Bonchev–Trinajstić information content (AvgIpc) is 3.26. The number of benzene rings is 6. The molecule has 266 valence electrons. The standard InChI is InChI=1S/C50H40N4O/c51-48(37-16-5-2-6-17-37)55-49(52)39-20-11-19-38(31-39)42-30-29-41(43-22-9-10-23-44(42)43)34-25-27-36(28-26-34)47-32-46(35-14-3-1-4-15-35)53-50(54-47)45-24-12-18-33-13-7-8-21-40(33)45/h1-32,41,43,46,48,52H,51H2,(H,53,54). The molecule has 9 rings (SSSR count). The molecule has 0 saturated heterocycles. The number of nitrogens with two attached hydrogens (primary N) is 1. The van der Waals surface area contributed by atoms with E-state index < -0.39 is 6.23 Å². The van der Waals surface area contributed by atoms with E-state index in [-0.39, 0.29) is 23.8 Å². The third-order valence-electron chi connectivity index (χ3n) is 10.7. The molecule has 0 aromatic heterocycles. The zero-order valence-corrected chi connectivity index (χ0v) is 30.2. The average molecular weight is 713 g/mol. The van der Waals surface area contributed by atoms with Crippen molar-refractivity contribution in [3.63, 3.8) is 0 Å². The molecule has 1 aliphatic heterocycles. The van der Waals surface area contributed by atoms with Crippen molar-refractivity contribution < 1.29 is 4.74 Å². The maximum atomic E-state index is 8.70. The lowest BCUT2D eigenvalue weighted by atomic mass is 9.73.